The number of carbonyl (C=O) groups excluding carboxylic acids is 1. The van der Waals surface area contributed by atoms with Crippen LogP contribution in [-0.4, -0.2) is 45.1 Å². The van der Waals surface area contributed by atoms with E-state index in [-0.39, 0.29) is 18.4 Å². The highest BCUT2D eigenvalue weighted by molar-refractivity contribution is 5.78. The van der Waals surface area contributed by atoms with Crippen LogP contribution < -0.4 is 0 Å². The van der Waals surface area contributed by atoms with E-state index < -0.39 is 0 Å². The number of fused-ring (bicyclic) bond motifs is 1. The first-order valence-electron chi connectivity index (χ1n) is 9.59. The zero-order valence-corrected chi connectivity index (χ0v) is 16.0. The van der Waals surface area contributed by atoms with Gasteiger partial charge in [-0.15, -0.1) is 0 Å². The van der Waals surface area contributed by atoms with E-state index in [0.29, 0.717) is 26.2 Å². The van der Waals surface area contributed by atoms with Crippen LogP contribution in [-0.2, 0) is 22.6 Å². The highest BCUT2D eigenvalue weighted by Crippen LogP contribution is 2.33. The van der Waals surface area contributed by atoms with Gasteiger partial charge in [0.1, 0.15) is 12.4 Å². The molecule has 0 radical (unpaired) electrons. The lowest BCUT2D eigenvalue weighted by Crippen LogP contribution is -2.41. The summed E-state index contributed by atoms with van der Waals surface area (Å²) in [5.41, 5.74) is 3.52. The minimum Gasteiger partial charge on any atom is -0.372 e. The van der Waals surface area contributed by atoms with Crippen LogP contribution >= 0.6 is 0 Å². The second-order valence-electron chi connectivity index (χ2n) is 6.94. The van der Waals surface area contributed by atoms with Crippen molar-refractivity contribution in [3.8, 4) is 0 Å². The molecule has 0 spiro atoms. The summed E-state index contributed by atoms with van der Waals surface area (Å²) >= 11 is 0. The molecule has 0 saturated carbocycles. The Morgan fingerprint density at radius 2 is 2.11 bits per heavy atom. The number of nitrogens with zero attached hydrogens (tertiary/aromatic N) is 4. The van der Waals surface area contributed by atoms with Crippen molar-refractivity contribution < 1.29 is 9.53 Å². The Balaban J connectivity index is 1.65. The van der Waals surface area contributed by atoms with Crippen molar-refractivity contribution in [1.29, 1.82) is 0 Å². The minimum absolute atomic E-state index is 0.0201. The molecule has 0 N–H and O–H groups in total. The smallest absolute Gasteiger partial charge is 0.248 e. The molecule has 1 aromatic carbocycles. The maximum absolute atomic E-state index is 12.6. The Bertz CT molecular complexity index is 938. The first kappa shape index (κ1) is 18.4. The van der Waals surface area contributed by atoms with Crippen LogP contribution in [0.25, 0.3) is 0 Å². The van der Waals surface area contributed by atoms with Crippen LogP contribution in [0, 0.1) is 0 Å². The van der Waals surface area contributed by atoms with Crippen molar-refractivity contribution in [2.45, 2.75) is 25.9 Å². The fourth-order valence-electron chi connectivity index (χ4n) is 3.75. The molecule has 6 nitrogen and oxygen atoms in total. The summed E-state index contributed by atoms with van der Waals surface area (Å²) in [5, 5.41) is 0. The van der Waals surface area contributed by atoms with E-state index in [1.807, 2.05) is 42.5 Å². The van der Waals surface area contributed by atoms with Gasteiger partial charge >= 0.3 is 0 Å². The second kappa shape index (κ2) is 8.35. The Labute approximate surface area is 164 Å². The van der Waals surface area contributed by atoms with Gasteiger partial charge in [0.25, 0.3) is 0 Å². The number of aromatic nitrogens is 3. The number of ether oxygens (including phenoxy) is 1. The molecule has 1 aliphatic heterocycles. The van der Waals surface area contributed by atoms with Crippen LogP contribution in [0.5, 0.6) is 0 Å². The van der Waals surface area contributed by atoms with Crippen LogP contribution in [0.15, 0.2) is 61.2 Å². The topological polar surface area (TPSA) is 60.2 Å². The third-order valence-corrected chi connectivity index (χ3v) is 5.11. The van der Waals surface area contributed by atoms with Crippen molar-refractivity contribution in [3.63, 3.8) is 0 Å². The molecule has 1 amide bonds. The molecule has 2 aromatic heterocycles. The zero-order valence-electron chi connectivity index (χ0n) is 16.0. The van der Waals surface area contributed by atoms with Gasteiger partial charge in [0, 0.05) is 44.5 Å². The highest BCUT2D eigenvalue weighted by Gasteiger charge is 2.31. The van der Waals surface area contributed by atoms with Crippen LogP contribution in [0.4, 0.5) is 0 Å². The van der Waals surface area contributed by atoms with Gasteiger partial charge in [-0.2, -0.15) is 0 Å². The summed E-state index contributed by atoms with van der Waals surface area (Å²) in [5.74, 6) is 1.01. The van der Waals surface area contributed by atoms with E-state index in [1.165, 1.54) is 11.1 Å². The summed E-state index contributed by atoms with van der Waals surface area (Å²) in [6, 6.07) is 12.3. The van der Waals surface area contributed by atoms with E-state index in [2.05, 4.69) is 38.8 Å². The summed E-state index contributed by atoms with van der Waals surface area (Å²) < 4.78 is 7.49. The molecule has 4 rings (SSSR count). The van der Waals surface area contributed by atoms with Crippen molar-refractivity contribution in [1.82, 2.24) is 19.4 Å². The SMILES string of the molecule is CCOCC(=O)N1Cc2ccccc2[C@H](c2nccn2Cc2cccnc2)C1. The van der Waals surface area contributed by atoms with Gasteiger partial charge in [0.05, 0.1) is 12.5 Å². The van der Waals surface area contributed by atoms with Crippen molar-refractivity contribution in [2.75, 3.05) is 19.8 Å². The second-order valence-corrected chi connectivity index (χ2v) is 6.94. The minimum atomic E-state index is 0.0201. The van der Waals surface area contributed by atoms with Crippen molar-refractivity contribution in [2.24, 2.45) is 0 Å². The molecular weight excluding hydrogens is 352 g/mol. The van der Waals surface area contributed by atoms with E-state index in [1.54, 1.807) is 6.20 Å². The molecule has 0 unspecified atom stereocenters. The Morgan fingerprint density at radius 1 is 1.21 bits per heavy atom. The van der Waals surface area contributed by atoms with E-state index in [9.17, 15) is 4.79 Å². The quantitative estimate of drug-likeness (QED) is 0.664. The molecule has 28 heavy (non-hydrogen) atoms. The third-order valence-electron chi connectivity index (χ3n) is 5.11. The molecule has 144 valence electrons. The van der Waals surface area contributed by atoms with Gasteiger partial charge in [0.2, 0.25) is 5.91 Å². The van der Waals surface area contributed by atoms with Gasteiger partial charge in [0.15, 0.2) is 0 Å². The number of imidazole rings is 1. The number of hydrogen-bond donors (Lipinski definition) is 0. The number of carbonyl (C=O) groups is 1. The molecular formula is C22H24N4O2. The van der Waals surface area contributed by atoms with E-state index in [0.717, 1.165) is 11.4 Å². The molecule has 3 heterocycles. The number of benzene rings is 1. The third kappa shape index (κ3) is 3.82. The van der Waals surface area contributed by atoms with Gasteiger partial charge in [-0.05, 0) is 29.7 Å². The monoisotopic (exact) mass is 376 g/mol. The lowest BCUT2D eigenvalue weighted by molar-refractivity contribution is -0.137. The molecule has 6 heteroatoms. The number of amides is 1. The lowest BCUT2D eigenvalue weighted by Gasteiger charge is -2.34. The molecule has 0 fully saturated rings. The fourth-order valence-corrected chi connectivity index (χ4v) is 3.75. The molecule has 0 aliphatic carbocycles. The molecule has 1 atom stereocenters. The summed E-state index contributed by atoms with van der Waals surface area (Å²) in [6.07, 6.45) is 7.47. The number of hydrogen-bond acceptors (Lipinski definition) is 4. The fraction of sp³-hybridized carbons (Fsp3) is 0.318. The maximum Gasteiger partial charge on any atom is 0.248 e. The van der Waals surface area contributed by atoms with Gasteiger partial charge in [-0.3, -0.25) is 9.78 Å². The lowest BCUT2D eigenvalue weighted by atomic mass is 9.89. The van der Waals surface area contributed by atoms with Gasteiger partial charge in [-0.1, -0.05) is 30.3 Å². The van der Waals surface area contributed by atoms with E-state index >= 15 is 0 Å². The van der Waals surface area contributed by atoms with Crippen LogP contribution in [0.3, 0.4) is 0 Å². The predicted octanol–water partition coefficient (Wildman–Crippen LogP) is 2.84. The molecule has 3 aromatic rings. The zero-order chi connectivity index (χ0) is 19.3. The number of rotatable bonds is 6. The Hall–Kier alpha value is -2.99. The van der Waals surface area contributed by atoms with Crippen molar-refractivity contribution in [3.05, 3.63) is 83.7 Å². The van der Waals surface area contributed by atoms with E-state index in [4.69, 9.17) is 4.74 Å². The molecule has 1 aliphatic rings. The predicted molar refractivity (Wildman–Crippen MR) is 106 cm³/mol. The Morgan fingerprint density at radius 3 is 2.93 bits per heavy atom. The molecule has 0 saturated heterocycles. The maximum atomic E-state index is 12.6. The summed E-state index contributed by atoms with van der Waals surface area (Å²) in [7, 11) is 0. The van der Waals surface area contributed by atoms with Crippen LogP contribution in [0.2, 0.25) is 0 Å². The first-order chi connectivity index (χ1) is 13.8. The molecule has 0 bridgehead atoms. The average molecular weight is 376 g/mol. The largest absolute Gasteiger partial charge is 0.372 e. The van der Waals surface area contributed by atoms with Crippen molar-refractivity contribution >= 4 is 5.91 Å². The van der Waals surface area contributed by atoms with Gasteiger partial charge in [-0.25, -0.2) is 4.98 Å². The standard InChI is InChI=1S/C22H24N4O2/c1-2-28-16-21(27)26-14-18-7-3-4-8-19(18)20(15-26)22-24-10-11-25(22)13-17-6-5-9-23-12-17/h3-12,20H,2,13-16H2,1H3/t20-/m1/s1. The Kier molecular flexibility index (Phi) is 5.48. The highest BCUT2D eigenvalue weighted by atomic mass is 16.5. The van der Waals surface area contributed by atoms with Crippen LogP contribution in [0.1, 0.15) is 35.4 Å². The number of pyridine rings is 1. The average Bonchev–Trinajstić information content (AvgIpc) is 3.19. The normalized spacial score (nSPS) is 16.0. The first-order valence-corrected chi connectivity index (χ1v) is 9.59. The summed E-state index contributed by atoms with van der Waals surface area (Å²) in [6.45, 7) is 4.48. The summed E-state index contributed by atoms with van der Waals surface area (Å²) in [4.78, 5) is 23.4. The van der Waals surface area contributed by atoms with Gasteiger partial charge < -0.3 is 14.2 Å².